The molecular weight excluding hydrogens is 255 g/mol. The largest absolute Gasteiger partial charge is 0.498 e. The van der Waals surface area contributed by atoms with E-state index in [0.717, 1.165) is 5.46 Å². The van der Waals surface area contributed by atoms with Gasteiger partial charge in [-0.25, -0.2) is 0 Å². The van der Waals surface area contributed by atoms with Crippen molar-refractivity contribution in [1.29, 1.82) is 0 Å². The predicted molar refractivity (Wildman–Crippen MR) is 78.8 cm³/mol. The van der Waals surface area contributed by atoms with Gasteiger partial charge in [-0.2, -0.15) is 5.10 Å². The smallest absolute Gasteiger partial charge is 0.399 e. The second-order valence-corrected chi connectivity index (χ2v) is 6.90. The first kappa shape index (κ1) is 15.5. The van der Waals surface area contributed by atoms with Gasteiger partial charge in [0.05, 0.1) is 23.9 Å². The molecule has 1 fully saturated rings. The molecule has 0 spiro atoms. The van der Waals surface area contributed by atoms with Gasteiger partial charge in [-0.05, 0) is 33.6 Å². The summed E-state index contributed by atoms with van der Waals surface area (Å²) >= 11 is 0. The molecule has 0 bridgehead atoms. The van der Waals surface area contributed by atoms with E-state index in [1.54, 1.807) is 10.9 Å². The molecule has 2 rings (SSSR count). The minimum absolute atomic E-state index is 0.208. The number of aliphatic hydroxyl groups excluding tert-OH is 1. The van der Waals surface area contributed by atoms with E-state index < -0.39 is 13.2 Å². The van der Waals surface area contributed by atoms with Crippen LogP contribution in [0.1, 0.15) is 41.5 Å². The zero-order valence-electron chi connectivity index (χ0n) is 13.3. The van der Waals surface area contributed by atoms with Crippen LogP contribution in [0.25, 0.3) is 0 Å². The average molecular weight is 280 g/mol. The van der Waals surface area contributed by atoms with Gasteiger partial charge in [0.25, 0.3) is 0 Å². The van der Waals surface area contributed by atoms with Gasteiger partial charge in [0.2, 0.25) is 0 Å². The molecule has 2 heterocycles. The molecule has 1 saturated heterocycles. The molecule has 5 nitrogen and oxygen atoms in total. The van der Waals surface area contributed by atoms with Crippen LogP contribution in [0.3, 0.4) is 0 Å². The molecule has 1 aromatic heterocycles. The van der Waals surface area contributed by atoms with Gasteiger partial charge >= 0.3 is 7.12 Å². The maximum Gasteiger partial charge on any atom is 0.498 e. The highest BCUT2D eigenvalue weighted by atomic mass is 16.7. The Bertz CT molecular complexity index is 455. The molecule has 6 heteroatoms. The third kappa shape index (κ3) is 2.92. The summed E-state index contributed by atoms with van der Waals surface area (Å²) in [6, 6.07) is 0. The second-order valence-electron chi connectivity index (χ2n) is 6.90. The molecule has 0 aromatic carbocycles. The van der Waals surface area contributed by atoms with Gasteiger partial charge in [0.15, 0.2) is 0 Å². The van der Waals surface area contributed by atoms with E-state index in [1.807, 2.05) is 47.7 Å². The van der Waals surface area contributed by atoms with Crippen molar-refractivity contribution in [2.75, 3.05) is 0 Å². The minimum atomic E-state index is -0.402. The lowest BCUT2D eigenvalue weighted by Crippen LogP contribution is -2.41. The molecule has 1 unspecified atom stereocenters. The molecule has 1 N–H and O–H groups in total. The van der Waals surface area contributed by atoms with Crippen molar-refractivity contribution >= 4 is 12.6 Å². The number of rotatable bonds is 4. The molecule has 1 atom stereocenters. The van der Waals surface area contributed by atoms with Crippen molar-refractivity contribution in [1.82, 2.24) is 9.78 Å². The number of hydrogen-bond acceptors (Lipinski definition) is 4. The van der Waals surface area contributed by atoms with E-state index in [-0.39, 0.29) is 17.1 Å². The van der Waals surface area contributed by atoms with E-state index in [1.165, 1.54) is 0 Å². The van der Waals surface area contributed by atoms with Crippen LogP contribution in [0.15, 0.2) is 12.4 Å². The summed E-state index contributed by atoms with van der Waals surface area (Å²) in [4.78, 5) is 0. The maximum atomic E-state index is 9.90. The van der Waals surface area contributed by atoms with Crippen LogP contribution < -0.4 is 5.46 Å². The zero-order chi connectivity index (χ0) is 15.1. The molecule has 112 valence electrons. The van der Waals surface area contributed by atoms with Crippen molar-refractivity contribution in [3.63, 3.8) is 0 Å². The lowest BCUT2D eigenvalue weighted by atomic mass is 9.82. The molecule has 0 radical (unpaired) electrons. The van der Waals surface area contributed by atoms with Gasteiger partial charge in [-0.15, -0.1) is 0 Å². The molecule has 1 aromatic rings. The molecule has 20 heavy (non-hydrogen) atoms. The van der Waals surface area contributed by atoms with Gasteiger partial charge in [-0.3, -0.25) is 4.68 Å². The Morgan fingerprint density at radius 2 is 1.80 bits per heavy atom. The Morgan fingerprint density at radius 3 is 2.30 bits per heavy atom. The molecule has 0 aliphatic carbocycles. The first-order chi connectivity index (χ1) is 9.12. The predicted octanol–water partition coefficient (Wildman–Crippen LogP) is 1.20. The highest BCUT2D eigenvalue weighted by molar-refractivity contribution is 6.61. The van der Waals surface area contributed by atoms with E-state index in [2.05, 4.69) is 5.10 Å². The molecule has 0 amide bonds. The number of aliphatic hydroxyl groups is 1. The van der Waals surface area contributed by atoms with Crippen molar-refractivity contribution in [2.24, 2.45) is 5.92 Å². The zero-order valence-corrected chi connectivity index (χ0v) is 13.3. The molecular formula is C14H25BN2O3. The first-order valence-electron chi connectivity index (χ1n) is 7.18. The quantitative estimate of drug-likeness (QED) is 0.842. The van der Waals surface area contributed by atoms with Crippen LogP contribution in [0.2, 0.25) is 0 Å². The Hall–Kier alpha value is -0.845. The van der Waals surface area contributed by atoms with Crippen molar-refractivity contribution in [3.05, 3.63) is 12.4 Å². The summed E-state index contributed by atoms with van der Waals surface area (Å²) in [6.07, 6.45) is 3.23. The molecule has 1 aliphatic rings. The Kier molecular flexibility index (Phi) is 4.02. The number of aromatic nitrogens is 2. The topological polar surface area (TPSA) is 56.5 Å². The van der Waals surface area contributed by atoms with Crippen LogP contribution >= 0.6 is 0 Å². The van der Waals surface area contributed by atoms with E-state index in [0.29, 0.717) is 6.54 Å². The van der Waals surface area contributed by atoms with Gasteiger partial charge in [0.1, 0.15) is 0 Å². The van der Waals surface area contributed by atoms with Crippen LogP contribution in [0, 0.1) is 5.92 Å². The minimum Gasteiger partial charge on any atom is -0.399 e. The normalized spacial score (nSPS) is 22.5. The average Bonchev–Trinajstić information content (AvgIpc) is 2.82. The molecule has 1 aliphatic heterocycles. The number of hydrogen-bond donors (Lipinski definition) is 1. The van der Waals surface area contributed by atoms with E-state index >= 15 is 0 Å². The SMILES string of the molecule is CC(C)C(O)Cn1cc(B2OC(C)(C)C(C)(C)O2)cn1. The lowest BCUT2D eigenvalue weighted by molar-refractivity contribution is 0.00578. The van der Waals surface area contributed by atoms with Gasteiger partial charge in [-0.1, -0.05) is 13.8 Å². The van der Waals surface area contributed by atoms with Crippen molar-refractivity contribution < 1.29 is 14.4 Å². The monoisotopic (exact) mass is 280 g/mol. The second kappa shape index (κ2) is 5.17. The fourth-order valence-corrected chi connectivity index (χ4v) is 1.98. The Balaban J connectivity index is 2.07. The summed E-state index contributed by atoms with van der Waals surface area (Å²) in [5.41, 5.74) is 0.189. The summed E-state index contributed by atoms with van der Waals surface area (Å²) in [6.45, 7) is 12.6. The Morgan fingerprint density at radius 1 is 1.25 bits per heavy atom. The van der Waals surface area contributed by atoms with Crippen LogP contribution in [-0.2, 0) is 15.9 Å². The van der Waals surface area contributed by atoms with Crippen LogP contribution in [0.5, 0.6) is 0 Å². The van der Waals surface area contributed by atoms with Gasteiger partial charge < -0.3 is 14.4 Å². The fraction of sp³-hybridized carbons (Fsp3) is 0.786. The lowest BCUT2D eigenvalue weighted by Gasteiger charge is -2.32. The number of nitrogens with zero attached hydrogens (tertiary/aromatic N) is 2. The third-order valence-electron chi connectivity index (χ3n) is 4.32. The summed E-state index contributed by atoms with van der Waals surface area (Å²) in [7, 11) is -0.398. The maximum absolute atomic E-state index is 9.90. The van der Waals surface area contributed by atoms with Crippen LogP contribution in [-0.4, -0.2) is 39.3 Å². The first-order valence-corrected chi connectivity index (χ1v) is 7.18. The summed E-state index contributed by atoms with van der Waals surface area (Å²) < 4.78 is 13.7. The highest BCUT2D eigenvalue weighted by Crippen LogP contribution is 2.36. The van der Waals surface area contributed by atoms with Gasteiger partial charge in [0, 0.05) is 17.9 Å². The fourth-order valence-electron chi connectivity index (χ4n) is 1.98. The Labute approximate surface area is 121 Å². The molecule has 0 saturated carbocycles. The standard InChI is InChI=1S/C14H25BN2O3/c1-10(2)12(18)9-17-8-11(7-16-17)15-19-13(3,4)14(5,6)20-15/h7-8,10,12,18H,9H2,1-6H3. The van der Waals surface area contributed by atoms with E-state index in [9.17, 15) is 5.11 Å². The highest BCUT2D eigenvalue weighted by Gasteiger charge is 2.52. The summed E-state index contributed by atoms with van der Waals surface area (Å²) in [5, 5.41) is 14.2. The van der Waals surface area contributed by atoms with E-state index in [4.69, 9.17) is 9.31 Å². The van der Waals surface area contributed by atoms with Crippen LogP contribution in [0.4, 0.5) is 0 Å². The third-order valence-corrected chi connectivity index (χ3v) is 4.32. The summed E-state index contributed by atoms with van der Waals surface area (Å²) in [5.74, 6) is 0.208. The van der Waals surface area contributed by atoms with Crippen molar-refractivity contribution in [3.8, 4) is 0 Å². The van der Waals surface area contributed by atoms with Crippen molar-refractivity contribution in [2.45, 2.75) is 65.4 Å².